The zero-order valence-electron chi connectivity index (χ0n) is 10.5. The van der Waals surface area contributed by atoms with Crippen molar-refractivity contribution in [3.05, 3.63) is 34.1 Å². The molecule has 1 N–H and O–H groups in total. The van der Waals surface area contributed by atoms with E-state index >= 15 is 0 Å². The third-order valence-electron chi connectivity index (χ3n) is 3.24. The molecule has 0 amide bonds. The summed E-state index contributed by atoms with van der Waals surface area (Å²) in [5, 5.41) is 9.20. The van der Waals surface area contributed by atoms with Gasteiger partial charge < -0.3 is 9.84 Å². The highest BCUT2D eigenvalue weighted by molar-refractivity contribution is 9.10. The van der Waals surface area contributed by atoms with Crippen LogP contribution in [0.5, 0.6) is 0 Å². The summed E-state index contributed by atoms with van der Waals surface area (Å²) < 4.78 is 19.1. The van der Waals surface area contributed by atoms with Crippen molar-refractivity contribution in [3.8, 4) is 0 Å². The number of nitrogens with zero attached hydrogens (tertiary/aromatic N) is 1. The van der Waals surface area contributed by atoms with Crippen molar-refractivity contribution in [2.75, 3.05) is 13.2 Å². The van der Waals surface area contributed by atoms with Crippen LogP contribution in [0.3, 0.4) is 0 Å². The zero-order chi connectivity index (χ0) is 14.0. The standard InChI is InChI=1S/C13H15BrFNO3/c1-8-6-19-7-12(13(17)18)16(8)5-9-2-3-10(14)11(15)4-9/h2-4,8,12H,5-7H2,1H3,(H,17,18)/t8-,12-/m1/s1. The van der Waals surface area contributed by atoms with E-state index in [2.05, 4.69) is 15.9 Å². The van der Waals surface area contributed by atoms with Gasteiger partial charge in [0, 0.05) is 12.6 Å². The molecule has 0 aromatic heterocycles. The van der Waals surface area contributed by atoms with E-state index in [4.69, 9.17) is 4.74 Å². The summed E-state index contributed by atoms with van der Waals surface area (Å²) in [4.78, 5) is 13.0. The van der Waals surface area contributed by atoms with Gasteiger partial charge in [-0.2, -0.15) is 0 Å². The van der Waals surface area contributed by atoms with Gasteiger partial charge in [0.1, 0.15) is 11.9 Å². The molecule has 0 bridgehead atoms. The van der Waals surface area contributed by atoms with E-state index in [-0.39, 0.29) is 18.5 Å². The lowest BCUT2D eigenvalue weighted by molar-refractivity contribution is -0.153. The minimum absolute atomic E-state index is 0.0124. The first-order valence-electron chi connectivity index (χ1n) is 5.99. The fraction of sp³-hybridized carbons (Fsp3) is 0.462. The molecule has 0 aliphatic carbocycles. The molecule has 2 rings (SSSR count). The summed E-state index contributed by atoms with van der Waals surface area (Å²) in [6.07, 6.45) is 0. The second kappa shape index (κ2) is 5.98. The van der Waals surface area contributed by atoms with E-state index in [0.29, 0.717) is 17.6 Å². The van der Waals surface area contributed by atoms with Crippen molar-refractivity contribution < 1.29 is 19.0 Å². The van der Waals surface area contributed by atoms with Gasteiger partial charge >= 0.3 is 5.97 Å². The quantitative estimate of drug-likeness (QED) is 0.923. The Labute approximate surface area is 119 Å². The summed E-state index contributed by atoms with van der Waals surface area (Å²) in [5.41, 5.74) is 0.751. The van der Waals surface area contributed by atoms with Gasteiger partial charge in [-0.25, -0.2) is 4.39 Å². The topological polar surface area (TPSA) is 49.8 Å². The molecule has 0 unspecified atom stereocenters. The highest BCUT2D eigenvalue weighted by Gasteiger charge is 2.33. The Balaban J connectivity index is 2.18. The van der Waals surface area contributed by atoms with E-state index in [0.717, 1.165) is 5.56 Å². The van der Waals surface area contributed by atoms with Crippen molar-refractivity contribution in [1.82, 2.24) is 4.90 Å². The van der Waals surface area contributed by atoms with Crippen LogP contribution in [0.4, 0.5) is 4.39 Å². The molecule has 1 aromatic rings. The van der Waals surface area contributed by atoms with Crippen LogP contribution in [0.25, 0.3) is 0 Å². The summed E-state index contributed by atoms with van der Waals surface area (Å²) in [6.45, 7) is 2.96. The third kappa shape index (κ3) is 3.32. The maximum Gasteiger partial charge on any atom is 0.323 e. The Morgan fingerprint density at radius 3 is 2.95 bits per heavy atom. The molecular formula is C13H15BrFNO3. The predicted octanol–water partition coefficient (Wildman–Crippen LogP) is 2.26. The van der Waals surface area contributed by atoms with Gasteiger partial charge in [0.25, 0.3) is 0 Å². The van der Waals surface area contributed by atoms with Gasteiger partial charge in [-0.1, -0.05) is 6.07 Å². The average Bonchev–Trinajstić information content (AvgIpc) is 2.36. The molecule has 19 heavy (non-hydrogen) atoms. The maximum atomic E-state index is 13.5. The Morgan fingerprint density at radius 2 is 2.32 bits per heavy atom. The molecule has 0 spiro atoms. The first-order valence-corrected chi connectivity index (χ1v) is 6.78. The number of rotatable bonds is 3. The number of hydrogen-bond acceptors (Lipinski definition) is 3. The number of carboxylic acids is 1. The summed E-state index contributed by atoms with van der Waals surface area (Å²) in [5.74, 6) is -1.26. The van der Waals surface area contributed by atoms with Crippen LogP contribution in [-0.2, 0) is 16.1 Å². The van der Waals surface area contributed by atoms with Gasteiger partial charge in [0.2, 0.25) is 0 Å². The van der Waals surface area contributed by atoms with Gasteiger partial charge in [-0.3, -0.25) is 9.69 Å². The fourth-order valence-corrected chi connectivity index (χ4v) is 2.42. The number of benzene rings is 1. The van der Waals surface area contributed by atoms with E-state index in [1.807, 2.05) is 11.8 Å². The zero-order valence-corrected chi connectivity index (χ0v) is 12.1. The molecule has 1 heterocycles. The Morgan fingerprint density at radius 1 is 1.58 bits per heavy atom. The first kappa shape index (κ1) is 14.4. The number of halogens is 2. The largest absolute Gasteiger partial charge is 0.480 e. The molecule has 0 radical (unpaired) electrons. The van der Waals surface area contributed by atoms with Gasteiger partial charge in [0.15, 0.2) is 0 Å². The normalized spacial score (nSPS) is 24.4. The van der Waals surface area contributed by atoms with E-state index in [1.165, 1.54) is 6.07 Å². The number of morpholine rings is 1. The summed E-state index contributed by atoms with van der Waals surface area (Å²) in [7, 11) is 0. The molecule has 6 heteroatoms. The van der Waals surface area contributed by atoms with Crippen LogP contribution in [0, 0.1) is 5.82 Å². The molecule has 1 saturated heterocycles. The third-order valence-corrected chi connectivity index (χ3v) is 3.88. The molecular weight excluding hydrogens is 317 g/mol. The molecule has 1 fully saturated rings. The van der Waals surface area contributed by atoms with Crippen LogP contribution < -0.4 is 0 Å². The van der Waals surface area contributed by atoms with Crippen LogP contribution in [0.1, 0.15) is 12.5 Å². The second-order valence-corrected chi connectivity index (χ2v) is 5.52. The highest BCUT2D eigenvalue weighted by atomic mass is 79.9. The van der Waals surface area contributed by atoms with E-state index in [9.17, 15) is 14.3 Å². The van der Waals surface area contributed by atoms with Crippen LogP contribution >= 0.6 is 15.9 Å². The van der Waals surface area contributed by atoms with Crippen molar-refractivity contribution in [2.45, 2.75) is 25.6 Å². The van der Waals surface area contributed by atoms with Crippen LogP contribution in [0.2, 0.25) is 0 Å². The monoisotopic (exact) mass is 331 g/mol. The van der Waals surface area contributed by atoms with Crippen molar-refractivity contribution in [1.29, 1.82) is 0 Å². The predicted molar refractivity (Wildman–Crippen MR) is 71.3 cm³/mol. The van der Waals surface area contributed by atoms with E-state index in [1.54, 1.807) is 12.1 Å². The molecule has 1 aliphatic heterocycles. The molecule has 0 saturated carbocycles. The minimum atomic E-state index is -0.913. The SMILES string of the molecule is C[C@@H]1COC[C@H](C(=O)O)N1Cc1ccc(Br)c(F)c1. The Hall–Kier alpha value is -0.980. The Kier molecular flexibility index (Phi) is 4.54. The number of ether oxygens (including phenoxy) is 1. The lowest BCUT2D eigenvalue weighted by Crippen LogP contribution is -2.53. The fourth-order valence-electron chi connectivity index (χ4n) is 2.18. The van der Waals surface area contributed by atoms with Crippen molar-refractivity contribution in [2.24, 2.45) is 0 Å². The average molecular weight is 332 g/mol. The highest BCUT2D eigenvalue weighted by Crippen LogP contribution is 2.21. The van der Waals surface area contributed by atoms with Gasteiger partial charge in [-0.05, 0) is 40.5 Å². The summed E-state index contributed by atoms with van der Waals surface area (Å²) >= 11 is 3.10. The van der Waals surface area contributed by atoms with Gasteiger partial charge in [-0.15, -0.1) is 0 Å². The second-order valence-electron chi connectivity index (χ2n) is 4.66. The molecule has 1 aromatic carbocycles. The minimum Gasteiger partial charge on any atom is -0.480 e. The van der Waals surface area contributed by atoms with Crippen molar-refractivity contribution in [3.63, 3.8) is 0 Å². The van der Waals surface area contributed by atoms with Crippen molar-refractivity contribution >= 4 is 21.9 Å². The van der Waals surface area contributed by atoms with Crippen LogP contribution in [0.15, 0.2) is 22.7 Å². The first-order chi connectivity index (χ1) is 8.99. The number of hydrogen-bond donors (Lipinski definition) is 1. The molecule has 2 atom stereocenters. The van der Waals surface area contributed by atoms with Gasteiger partial charge in [0.05, 0.1) is 17.7 Å². The van der Waals surface area contributed by atoms with Crippen LogP contribution in [-0.4, -0.2) is 41.3 Å². The molecule has 4 nitrogen and oxygen atoms in total. The maximum absolute atomic E-state index is 13.5. The molecule has 1 aliphatic rings. The Bertz CT molecular complexity index is 483. The molecule has 104 valence electrons. The smallest absolute Gasteiger partial charge is 0.323 e. The number of aliphatic carboxylic acids is 1. The van der Waals surface area contributed by atoms with E-state index < -0.39 is 12.0 Å². The number of carbonyl (C=O) groups is 1. The number of carboxylic acid groups (broad SMARTS) is 1. The summed E-state index contributed by atoms with van der Waals surface area (Å²) in [6, 6.07) is 4.14. The lowest BCUT2D eigenvalue weighted by Gasteiger charge is -2.38. The lowest BCUT2D eigenvalue weighted by atomic mass is 10.1.